The quantitative estimate of drug-likeness (QED) is 0.708. The minimum absolute atomic E-state index is 0.0372. The van der Waals surface area contributed by atoms with E-state index in [1.165, 1.54) is 12.1 Å². The summed E-state index contributed by atoms with van der Waals surface area (Å²) in [7, 11) is -3.50. The largest absolute Gasteiger partial charge is 0.493 e. The van der Waals surface area contributed by atoms with Gasteiger partial charge in [-0.3, -0.25) is 0 Å². The monoisotopic (exact) mass is 287 g/mol. The minimum atomic E-state index is -3.50. The SMILES string of the molecule is CC(C)COc1ccc(S(=O)(=O)NCCCO)cc1. The van der Waals surface area contributed by atoms with Crippen molar-refractivity contribution in [2.45, 2.75) is 25.2 Å². The molecule has 19 heavy (non-hydrogen) atoms. The lowest BCUT2D eigenvalue weighted by atomic mass is 10.2. The van der Waals surface area contributed by atoms with Crippen LogP contribution in [0.2, 0.25) is 0 Å². The maximum atomic E-state index is 11.9. The Morgan fingerprint density at radius 3 is 2.42 bits per heavy atom. The third kappa shape index (κ3) is 5.59. The number of benzene rings is 1. The van der Waals surface area contributed by atoms with Gasteiger partial charge in [0.2, 0.25) is 10.0 Å². The van der Waals surface area contributed by atoms with Crippen molar-refractivity contribution in [2.75, 3.05) is 19.8 Å². The number of nitrogens with one attached hydrogen (secondary N) is 1. The summed E-state index contributed by atoms with van der Waals surface area (Å²) in [5, 5.41) is 8.62. The fraction of sp³-hybridized carbons (Fsp3) is 0.538. The van der Waals surface area contributed by atoms with E-state index in [0.717, 1.165) is 0 Å². The molecule has 0 amide bonds. The molecule has 1 aromatic rings. The molecule has 0 radical (unpaired) electrons. The summed E-state index contributed by atoms with van der Waals surface area (Å²) < 4.78 is 31.6. The maximum Gasteiger partial charge on any atom is 0.240 e. The molecule has 6 heteroatoms. The van der Waals surface area contributed by atoms with Crippen molar-refractivity contribution in [3.63, 3.8) is 0 Å². The molecule has 108 valence electrons. The van der Waals surface area contributed by atoms with Crippen LogP contribution < -0.4 is 9.46 Å². The van der Waals surface area contributed by atoms with Gasteiger partial charge >= 0.3 is 0 Å². The highest BCUT2D eigenvalue weighted by molar-refractivity contribution is 7.89. The van der Waals surface area contributed by atoms with Crippen molar-refractivity contribution in [2.24, 2.45) is 5.92 Å². The first-order valence-electron chi connectivity index (χ1n) is 6.29. The minimum Gasteiger partial charge on any atom is -0.493 e. The van der Waals surface area contributed by atoms with Crippen molar-refractivity contribution < 1.29 is 18.3 Å². The Morgan fingerprint density at radius 2 is 1.89 bits per heavy atom. The summed E-state index contributed by atoms with van der Waals surface area (Å²) in [6.45, 7) is 4.88. The van der Waals surface area contributed by atoms with Crippen molar-refractivity contribution in [1.29, 1.82) is 0 Å². The second-order valence-corrected chi connectivity index (χ2v) is 6.42. The highest BCUT2D eigenvalue weighted by Crippen LogP contribution is 2.16. The lowest BCUT2D eigenvalue weighted by Crippen LogP contribution is -2.25. The first-order valence-corrected chi connectivity index (χ1v) is 7.77. The Balaban J connectivity index is 2.64. The van der Waals surface area contributed by atoms with Crippen LogP contribution in [0, 0.1) is 5.92 Å². The number of rotatable bonds is 8. The summed E-state index contributed by atoms with van der Waals surface area (Å²) in [4.78, 5) is 0.197. The molecular weight excluding hydrogens is 266 g/mol. The summed E-state index contributed by atoms with van der Waals surface area (Å²) >= 11 is 0. The van der Waals surface area contributed by atoms with Gasteiger partial charge < -0.3 is 9.84 Å². The van der Waals surface area contributed by atoms with Gasteiger partial charge in [-0.25, -0.2) is 13.1 Å². The number of aliphatic hydroxyl groups is 1. The molecule has 1 aromatic carbocycles. The van der Waals surface area contributed by atoms with Crippen LogP contribution >= 0.6 is 0 Å². The number of ether oxygens (including phenoxy) is 1. The van der Waals surface area contributed by atoms with E-state index in [4.69, 9.17) is 9.84 Å². The van der Waals surface area contributed by atoms with Crippen LogP contribution in [0.15, 0.2) is 29.2 Å². The fourth-order valence-corrected chi connectivity index (χ4v) is 2.42. The van der Waals surface area contributed by atoms with Crippen molar-refractivity contribution >= 4 is 10.0 Å². The van der Waals surface area contributed by atoms with Gasteiger partial charge in [-0.1, -0.05) is 13.8 Å². The lowest BCUT2D eigenvalue weighted by Gasteiger charge is -2.10. The maximum absolute atomic E-state index is 11.9. The third-order valence-electron chi connectivity index (χ3n) is 2.34. The van der Waals surface area contributed by atoms with Crippen LogP contribution in [0.25, 0.3) is 0 Å². The van der Waals surface area contributed by atoms with Gasteiger partial charge in [0.15, 0.2) is 0 Å². The van der Waals surface area contributed by atoms with Crippen LogP contribution in [0.1, 0.15) is 20.3 Å². The average molecular weight is 287 g/mol. The normalized spacial score (nSPS) is 11.8. The molecule has 0 bridgehead atoms. The molecule has 0 aliphatic carbocycles. The van der Waals surface area contributed by atoms with Crippen molar-refractivity contribution in [3.8, 4) is 5.75 Å². The molecule has 0 heterocycles. The molecule has 0 fully saturated rings. The highest BCUT2D eigenvalue weighted by atomic mass is 32.2. The van der Waals surface area contributed by atoms with Crippen molar-refractivity contribution in [3.05, 3.63) is 24.3 Å². The standard InChI is InChI=1S/C13H21NO4S/c1-11(2)10-18-12-4-6-13(7-5-12)19(16,17)14-8-3-9-15/h4-7,11,14-15H,3,8-10H2,1-2H3. The van der Waals surface area contributed by atoms with E-state index in [-0.39, 0.29) is 18.0 Å². The van der Waals surface area contributed by atoms with E-state index in [0.29, 0.717) is 24.7 Å². The highest BCUT2D eigenvalue weighted by Gasteiger charge is 2.12. The van der Waals surface area contributed by atoms with Gasteiger partial charge in [-0.15, -0.1) is 0 Å². The number of hydrogen-bond acceptors (Lipinski definition) is 4. The first-order chi connectivity index (χ1) is 8.95. The number of hydrogen-bond donors (Lipinski definition) is 2. The molecule has 1 rings (SSSR count). The van der Waals surface area contributed by atoms with E-state index in [9.17, 15) is 8.42 Å². The third-order valence-corrected chi connectivity index (χ3v) is 3.82. The van der Waals surface area contributed by atoms with Crippen LogP contribution in [-0.4, -0.2) is 33.3 Å². The molecule has 2 N–H and O–H groups in total. The van der Waals surface area contributed by atoms with E-state index in [2.05, 4.69) is 4.72 Å². The van der Waals surface area contributed by atoms with Gasteiger partial charge in [0.1, 0.15) is 5.75 Å². The zero-order chi connectivity index (χ0) is 14.3. The zero-order valence-electron chi connectivity index (χ0n) is 11.3. The van der Waals surface area contributed by atoms with Gasteiger partial charge in [-0.2, -0.15) is 0 Å². The fourth-order valence-electron chi connectivity index (χ4n) is 1.35. The van der Waals surface area contributed by atoms with Crippen LogP contribution in [0.3, 0.4) is 0 Å². The van der Waals surface area contributed by atoms with Gasteiger partial charge in [0, 0.05) is 13.2 Å². The predicted octanol–water partition coefficient (Wildman–Crippen LogP) is 1.38. The van der Waals surface area contributed by atoms with E-state index >= 15 is 0 Å². The Kier molecular flexibility index (Phi) is 6.27. The average Bonchev–Trinajstić information content (AvgIpc) is 2.37. The predicted molar refractivity (Wildman–Crippen MR) is 73.7 cm³/mol. The Labute approximate surface area is 114 Å². The van der Waals surface area contributed by atoms with Crippen LogP contribution in [0.4, 0.5) is 0 Å². The van der Waals surface area contributed by atoms with Gasteiger partial charge in [0.25, 0.3) is 0 Å². The Morgan fingerprint density at radius 1 is 1.26 bits per heavy atom. The molecule has 0 aliphatic rings. The molecule has 0 saturated carbocycles. The summed E-state index contributed by atoms with van der Waals surface area (Å²) in [6, 6.07) is 6.31. The molecule has 0 aromatic heterocycles. The molecule has 0 saturated heterocycles. The molecular formula is C13H21NO4S. The number of sulfonamides is 1. The molecule has 0 aliphatic heterocycles. The van der Waals surface area contributed by atoms with Crippen LogP contribution in [-0.2, 0) is 10.0 Å². The molecule has 0 spiro atoms. The van der Waals surface area contributed by atoms with Gasteiger partial charge in [0.05, 0.1) is 11.5 Å². The first kappa shape index (κ1) is 15.9. The lowest BCUT2D eigenvalue weighted by molar-refractivity contribution is 0.271. The van der Waals surface area contributed by atoms with E-state index in [1.54, 1.807) is 12.1 Å². The van der Waals surface area contributed by atoms with E-state index < -0.39 is 10.0 Å². The second kappa shape index (κ2) is 7.47. The smallest absolute Gasteiger partial charge is 0.240 e. The molecule has 5 nitrogen and oxygen atoms in total. The zero-order valence-corrected chi connectivity index (χ0v) is 12.1. The summed E-state index contributed by atoms with van der Waals surface area (Å²) in [5.41, 5.74) is 0. The summed E-state index contributed by atoms with van der Waals surface area (Å²) in [5.74, 6) is 1.08. The summed E-state index contributed by atoms with van der Waals surface area (Å²) in [6.07, 6.45) is 0.398. The topological polar surface area (TPSA) is 75.6 Å². The van der Waals surface area contributed by atoms with E-state index in [1.807, 2.05) is 13.8 Å². The molecule has 0 atom stereocenters. The van der Waals surface area contributed by atoms with Gasteiger partial charge in [-0.05, 0) is 36.6 Å². The van der Waals surface area contributed by atoms with Crippen molar-refractivity contribution in [1.82, 2.24) is 4.72 Å². The second-order valence-electron chi connectivity index (χ2n) is 4.65. The Hall–Kier alpha value is -1.11. The Bertz CT molecular complexity index is 468. The number of aliphatic hydroxyl groups excluding tert-OH is 1. The van der Waals surface area contributed by atoms with Crippen LogP contribution in [0.5, 0.6) is 5.75 Å². The molecule has 0 unspecified atom stereocenters.